The van der Waals surface area contributed by atoms with Crippen molar-refractivity contribution in [3.63, 3.8) is 0 Å². The summed E-state index contributed by atoms with van der Waals surface area (Å²) in [6.07, 6.45) is 2.62. The Morgan fingerprint density at radius 1 is 1.18 bits per heavy atom. The van der Waals surface area contributed by atoms with E-state index in [1.165, 1.54) is 21.3 Å². The number of benzene rings is 2. The minimum atomic E-state index is -0.823. The topological polar surface area (TPSA) is 107 Å². The number of allylic oxidation sites excluding steroid dienone is 1. The van der Waals surface area contributed by atoms with Crippen LogP contribution in [0.25, 0.3) is 0 Å². The number of esters is 1. The van der Waals surface area contributed by atoms with Gasteiger partial charge in [0.15, 0.2) is 29.1 Å². The molecule has 2 aromatic carbocycles. The van der Waals surface area contributed by atoms with Crippen LogP contribution in [0.5, 0.6) is 11.5 Å². The highest BCUT2D eigenvalue weighted by atomic mass is 16.6. The molecule has 2 aromatic rings. The molecule has 0 aromatic heterocycles. The van der Waals surface area contributed by atoms with Crippen LogP contribution in [0.2, 0.25) is 0 Å². The number of Topliss-reactive ketones (excluding diaryl/α,β-unsaturated/α-hetero) is 1. The maximum Gasteiger partial charge on any atom is 0.319 e. The largest absolute Gasteiger partial charge is 0.504 e. The predicted molar refractivity (Wildman–Crippen MR) is 142 cm³/mol. The van der Waals surface area contributed by atoms with E-state index in [2.05, 4.69) is 17.1 Å². The molecule has 2 aliphatic carbocycles. The second-order valence-electron chi connectivity index (χ2n) is 10.8. The summed E-state index contributed by atoms with van der Waals surface area (Å²) in [5.41, 5.74) is 2.88. The van der Waals surface area contributed by atoms with Gasteiger partial charge in [-0.2, -0.15) is 0 Å². The Morgan fingerprint density at radius 3 is 2.64 bits per heavy atom. The SMILES string of the molecule is COC(=O)[C@H]1C(c2ccccc2)=NO[C@@H]1c1cc(OC)c(O)c2c1C[C@@H]1[C@@H]3C=C(OC)C(=O)C[C@]23CCN1C. The molecule has 0 amide bonds. The second-order valence-corrected chi connectivity index (χ2v) is 10.8. The summed E-state index contributed by atoms with van der Waals surface area (Å²) in [6, 6.07) is 11.2. The van der Waals surface area contributed by atoms with Crippen LogP contribution in [0.3, 0.4) is 0 Å². The van der Waals surface area contributed by atoms with Crippen molar-refractivity contribution in [3.8, 4) is 11.5 Å². The summed E-state index contributed by atoms with van der Waals surface area (Å²) in [7, 11) is 6.45. The molecular weight excluding hydrogens is 500 g/mol. The third-order valence-corrected chi connectivity index (χ3v) is 9.06. The summed E-state index contributed by atoms with van der Waals surface area (Å²) in [6.45, 7) is 0.780. The molecule has 2 aliphatic heterocycles. The zero-order valence-electron chi connectivity index (χ0n) is 22.5. The number of carbonyl (C=O) groups is 2. The molecule has 39 heavy (non-hydrogen) atoms. The molecule has 6 rings (SSSR count). The minimum Gasteiger partial charge on any atom is -0.504 e. The van der Waals surface area contributed by atoms with Gasteiger partial charge in [-0.3, -0.25) is 9.59 Å². The number of hydrogen-bond donors (Lipinski definition) is 1. The van der Waals surface area contributed by atoms with Crippen LogP contribution < -0.4 is 4.74 Å². The van der Waals surface area contributed by atoms with Gasteiger partial charge in [0.05, 0.1) is 21.3 Å². The lowest BCUT2D eigenvalue weighted by Crippen LogP contribution is -2.60. The molecule has 5 atom stereocenters. The number of piperidine rings is 1. The number of carbonyl (C=O) groups excluding carboxylic acids is 2. The number of ether oxygens (including phenoxy) is 3. The maximum atomic E-state index is 13.2. The molecule has 0 spiro atoms. The third-order valence-electron chi connectivity index (χ3n) is 9.06. The van der Waals surface area contributed by atoms with E-state index >= 15 is 0 Å². The number of oxime groups is 1. The summed E-state index contributed by atoms with van der Waals surface area (Å²) < 4.78 is 16.3. The minimum absolute atomic E-state index is 0.0307. The standard InChI is InChI=1S/C30H32N2O7/c1-32-11-10-30-15-21(33)22(36-2)14-19(30)20(32)12-17-18(13-23(37-3)27(34)25(17)30)28-24(29(35)38-4)26(31-39-28)16-8-6-5-7-9-16/h5-9,13-14,19-20,24,28,34H,10-12,15H2,1-4H3/t19-,20+,24-,28+,30-/m0/s1. The predicted octanol–water partition coefficient (Wildman–Crippen LogP) is 3.28. The number of rotatable bonds is 5. The summed E-state index contributed by atoms with van der Waals surface area (Å²) in [4.78, 5) is 34.8. The van der Waals surface area contributed by atoms with Crippen LogP contribution in [0.1, 0.15) is 41.2 Å². The molecule has 9 heteroatoms. The van der Waals surface area contributed by atoms with Crippen LogP contribution in [0, 0.1) is 11.8 Å². The lowest BCUT2D eigenvalue weighted by molar-refractivity contribution is -0.146. The van der Waals surface area contributed by atoms with Gasteiger partial charge >= 0.3 is 5.97 Å². The molecule has 1 saturated heterocycles. The zero-order chi connectivity index (χ0) is 27.5. The number of ketones is 1. The van der Waals surface area contributed by atoms with E-state index < -0.39 is 23.4 Å². The van der Waals surface area contributed by atoms with Crippen LogP contribution in [-0.4, -0.2) is 68.4 Å². The molecule has 4 aliphatic rings. The van der Waals surface area contributed by atoms with E-state index in [9.17, 15) is 14.7 Å². The Hall–Kier alpha value is -3.85. The number of fused-ring (bicyclic) bond motifs is 1. The Kier molecular flexibility index (Phi) is 6.14. The fourth-order valence-electron chi connectivity index (χ4n) is 7.20. The highest BCUT2D eigenvalue weighted by Crippen LogP contribution is 2.59. The van der Waals surface area contributed by atoms with E-state index in [0.717, 1.165) is 17.7 Å². The normalized spacial score (nSPS) is 29.4. The summed E-state index contributed by atoms with van der Waals surface area (Å²) >= 11 is 0. The van der Waals surface area contributed by atoms with Crippen LogP contribution in [-0.2, 0) is 35.7 Å². The highest BCUT2D eigenvalue weighted by molar-refractivity contribution is 6.13. The number of phenolic OH excluding ortho intramolecular Hbond substituents is 1. The Morgan fingerprint density at radius 2 is 1.95 bits per heavy atom. The van der Waals surface area contributed by atoms with Gasteiger partial charge in [0.25, 0.3) is 0 Å². The van der Waals surface area contributed by atoms with Crippen molar-refractivity contribution in [1.82, 2.24) is 4.90 Å². The van der Waals surface area contributed by atoms with Gasteiger partial charge in [-0.25, -0.2) is 0 Å². The number of methoxy groups -OCH3 is 3. The lowest BCUT2D eigenvalue weighted by atomic mass is 9.53. The first-order valence-corrected chi connectivity index (χ1v) is 13.1. The van der Waals surface area contributed by atoms with Crippen molar-refractivity contribution >= 4 is 17.5 Å². The van der Waals surface area contributed by atoms with Crippen molar-refractivity contribution in [2.75, 3.05) is 34.9 Å². The number of nitrogens with zero attached hydrogens (tertiary/aromatic N) is 2. The molecule has 1 N–H and O–H groups in total. The van der Waals surface area contributed by atoms with Gasteiger partial charge < -0.3 is 29.1 Å². The first-order chi connectivity index (χ1) is 18.8. The van der Waals surface area contributed by atoms with Gasteiger partial charge in [-0.15, -0.1) is 0 Å². The Balaban J connectivity index is 1.56. The van der Waals surface area contributed by atoms with Crippen LogP contribution in [0.15, 0.2) is 53.4 Å². The smallest absolute Gasteiger partial charge is 0.319 e. The zero-order valence-corrected chi connectivity index (χ0v) is 22.5. The van der Waals surface area contributed by atoms with Crippen LogP contribution in [0.4, 0.5) is 0 Å². The third kappa shape index (κ3) is 3.66. The summed E-state index contributed by atoms with van der Waals surface area (Å²) in [5.74, 6) is -0.756. The molecule has 9 nitrogen and oxygen atoms in total. The van der Waals surface area contributed by atoms with Crippen molar-refractivity contribution in [3.05, 3.63) is 70.5 Å². The molecule has 0 radical (unpaired) electrons. The molecule has 204 valence electrons. The van der Waals surface area contributed by atoms with Gasteiger partial charge in [-0.05, 0) is 44.1 Å². The molecule has 2 heterocycles. The molecule has 1 fully saturated rings. The van der Waals surface area contributed by atoms with Crippen molar-refractivity contribution in [2.24, 2.45) is 17.0 Å². The summed E-state index contributed by atoms with van der Waals surface area (Å²) in [5, 5.41) is 16.0. The van der Waals surface area contributed by atoms with Gasteiger partial charge in [0.1, 0.15) is 11.6 Å². The van der Waals surface area contributed by atoms with Crippen molar-refractivity contribution < 1.29 is 33.7 Å². The maximum absolute atomic E-state index is 13.2. The molecule has 0 unspecified atom stereocenters. The molecular formula is C30H32N2O7. The number of hydrogen-bond acceptors (Lipinski definition) is 9. The van der Waals surface area contributed by atoms with Gasteiger partial charge in [-0.1, -0.05) is 35.5 Å². The number of likely N-dealkylation sites (N-methyl/N-ethyl adjacent to an activating group) is 1. The van der Waals surface area contributed by atoms with E-state index in [4.69, 9.17) is 19.0 Å². The highest BCUT2D eigenvalue weighted by Gasteiger charge is 2.58. The number of aromatic hydroxyl groups is 1. The lowest BCUT2D eigenvalue weighted by Gasteiger charge is -2.57. The van der Waals surface area contributed by atoms with Gasteiger partial charge in [0.2, 0.25) is 0 Å². The molecule has 2 bridgehead atoms. The monoisotopic (exact) mass is 532 g/mol. The fourth-order valence-corrected chi connectivity index (χ4v) is 7.20. The average Bonchev–Trinajstić information content (AvgIpc) is 3.39. The average molecular weight is 533 g/mol. The number of likely N-dealkylation sites (tertiary alicyclic amines) is 1. The first-order valence-electron chi connectivity index (χ1n) is 13.1. The van der Waals surface area contributed by atoms with Gasteiger partial charge in [0, 0.05) is 40.5 Å². The Bertz CT molecular complexity index is 1400. The quantitative estimate of drug-likeness (QED) is 0.585. The number of phenols is 1. The van der Waals surface area contributed by atoms with E-state index in [0.29, 0.717) is 35.4 Å². The van der Waals surface area contributed by atoms with E-state index in [-0.39, 0.29) is 35.7 Å². The van der Waals surface area contributed by atoms with Crippen molar-refractivity contribution in [2.45, 2.75) is 36.8 Å². The van der Waals surface area contributed by atoms with Crippen LogP contribution >= 0.6 is 0 Å². The first kappa shape index (κ1) is 25.4. The fraction of sp³-hybridized carbons (Fsp3) is 0.433. The van der Waals surface area contributed by atoms with E-state index in [1.54, 1.807) is 6.07 Å². The Labute approximate surface area is 227 Å². The second kappa shape index (κ2) is 9.41. The van der Waals surface area contributed by atoms with Crippen molar-refractivity contribution in [1.29, 1.82) is 0 Å². The molecule has 0 saturated carbocycles. The van der Waals surface area contributed by atoms with E-state index in [1.807, 2.05) is 36.4 Å².